The molecule has 0 saturated heterocycles. The fourth-order valence-corrected chi connectivity index (χ4v) is 5.31. The molecule has 9 nitrogen and oxygen atoms in total. The van der Waals surface area contributed by atoms with Gasteiger partial charge in [0.2, 0.25) is 5.91 Å². The number of nitrogens with two attached hydrogens (primary N) is 1. The van der Waals surface area contributed by atoms with Crippen molar-refractivity contribution in [2.24, 2.45) is 0 Å². The van der Waals surface area contributed by atoms with Crippen molar-refractivity contribution in [3.63, 3.8) is 0 Å². The number of aromatic nitrogens is 2. The van der Waals surface area contributed by atoms with Crippen molar-refractivity contribution in [2.45, 2.75) is 45.6 Å². The molecule has 0 spiro atoms. The summed E-state index contributed by atoms with van der Waals surface area (Å²) in [7, 11) is 2.93. The number of fused-ring (bicyclic) bond motifs is 3. The average Bonchev–Trinajstić information content (AvgIpc) is 2.98. The van der Waals surface area contributed by atoms with Gasteiger partial charge in [0.05, 0.1) is 30.9 Å². The number of anilines is 2. The highest BCUT2D eigenvalue weighted by molar-refractivity contribution is 7.19. The number of carbonyl (C=O) groups excluding carboxylic acids is 2. The lowest BCUT2D eigenvalue weighted by atomic mass is 10.1. The van der Waals surface area contributed by atoms with E-state index in [4.69, 9.17) is 19.9 Å². The van der Waals surface area contributed by atoms with Gasteiger partial charge in [-0.2, -0.15) is 0 Å². The molecule has 1 amide bonds. The summed E-state index contributed by atoms with van der Waals surface area (Å²) in [5.74, 6) is 0.443. The van der Waals surface area contributed by atoms with Crippen LogP contribution in [0, 0.1) is 0 Å². The zero-order valence-electron chi connectivity index (χ0n) is 18.8. The topological polar surface area (TPSA) is 126 Å². The van der Waals surface area contributed by atoms with Gasteiger partial charge >= 0.3 is 5.97 Å². The molecular formula is C23H26N4O5S. The Morgan fingerprint density at radius 1 is 1.09 bits per heavy atom. The van der Waals surface area contributed by atoms with E-state index >= 15 is 0 Å². The van der Waals surface area contributed by atoms with E-state index in [0.717, 1.165) is 29.5 Å². The van der Waals surface area contributed by atoms with E-state index in [1.807, 2.05) is 0 Å². The molecule has 0 bridgehead atoms. The van der Waals surface area contributed by atoms with Crippen LogP contribution in [0.4, 0.5) is 11.5 Å². The fraction of sp³-hybridized carbons (Fsp3) is 0.391. The van der Waals surface area contributed by atoms with E-state index in [1.54, 1.807) is 11.3 Å². The molecule has 1 aromatic carbocycles. The number of rotatable bonds is 6. The predicted octanol–water partition coefficient (Wildman–Crippen LogP) is 3.88. The maximum atomic E-state index is 12.9. The lowest BCUT2D eigenvalue weighted by molar-refractivity contribution is -0.114. The average molecular weight is 471 g/mol. The standard InChI is InChI=1S/C23H26N4O5S/c1-12(28)25-15-10-17(31-3)16(30-2)9-14(15)23(29)32-11-19-26-21(24)20-13-7-5-4-6-8-18(13)33-22(20)27-19/h9-10H,4-8,11H2,1-3H3,(H,25,28)(H2,24,26,27). The molecule has 33 heavy (non-hydrogen) atoms. The summed E-state index contributed by atoms with van der Waals surface area (Å²) >= 11 is 1.64. The maximum absolute atomic E-state index is 12.9. The minimum atomic E-state index is -0.663. The first kappa shape index (κ1) is 22.8. The van der Waals surface area contributed by atoms with Gasteiger partial charge in [-0.3, -0.25) is 4.79 Å². The van der Waals surface area contributed by atoms with Crippen molar-refractivity contribution in [3.05, 3.63) is 34.0 Å². The Morgan fingerprint density at radius 2 is 1.82 bits per heavy atom. The summed E-state index contributed by atoms with van der Waals surface area (Å²) in [6.07, 6.45) is 5.54. The Morgan fingerprint density at radius 3 is 2.55 bits per heavy atom. The minimum Gasteiger partial charge on any atom is -0.493 e. The van der Waals surface area contributed by atoms with Crippen LogP contribution in [0.25, 0.3) is 10.2 Å². The van der Waals surface area contributed by atoms with E-state index in [2.05, 4.69) is 15.3 Å². The van der Waals surface area contributed by atoms with Gasteiger partial charge in [-0.25, -0.2) is 14.8 Å². The summed E-state index contributed by atoms with van der Waals surface area (Å²) in [6.45, 7) is 1.19. The van der Waals surface area contributed by atoms with Gasteiger partial charge in [0.1, 0.15) is 10.6 Å². The third-order valence-electron chi connectivity index (χ3n) is 5.53. The number of amides is 1. The van der Waals surface area contributed by atoms with Crippen LogP contribution in [-0.2, 0) is 29.0 Å². The van der Waals surface area contributed by atoms with E-state index in [0.29, 0.717) is 23.1 Å². The second-order valence-electron chi connectivity index (χ2n) is 7.78. The Labute approximate surface area is 195 Å². The van der Waals surface area contributed by atoms with E-state index in [-0.39, 0.29) is 23.8 Å². The highest BCUT2D eigenvalue weighted by atomic mass is 32.1. The number of methoxy groups -OCH3 is 2. The molecule has 10 heteroatoms. The minimum absolute atomic E-state index is 0.125. The van der Waals surface area contributed by atoms with Crippen LogP contribution in [0.3, 0.4) is 0 Å². The highest BCUT2D eigenvalue weighted by Gasteiger charge is 2.22. The van der Waals surface area contributed by atoms with Crippen molar-refractivity contribution < 1.29 is 23.8 Å². The third-order valence-corrected chi connectivity index (χ3v) is 6.71. The van der Waals surface area contributed by atoms with Crippen molar-refractivity contribution in [3.8, 4) is 11.5 Å². The van der Waals surface area contributed by atoms with Gasteiger partial charge in [-0.1, -0.05) is 6.42 Å². The van der Waals surface area contributed by atoms with E-state index in [1.165, 1.54) is 56.6 Å². The van der Waals surface area contributed by atoms with Gasteiger partial charge in [0.25, 0.3) is 0 Å². The largest absolute Gasteiger partial charge is 0.493 e. The number of nitrogens with zero attached hydrogens (tertiary/aromatic N) is 2. The van der Waals surface area contributed by atoms with Crippen molar-refractivity contribution >= 4 is 44.9 Å². The smallest absolute Gasteiger partial charge is 0.340 e. The molecule has 174 valence electrons. The zero-order chi connectivity index (χ0) is 23.5. The van der Waals surface area contributed by atoms with Crippen LogP contribution in [0.5, 0.6) is 11.5 Å². The number of ether oxygens (including phenoxy) is 3. The fourth-order valence-electron chi connectivity index (χ4n) is 4.02. The number of carbonyl (C=O) groups is 2. The SMILES string of the molecule is COc1cc(NC(C)=O)c(C(=O)OCc2nc(N)c3c4c(sc3n2)CCCCC4)cc1OC. The number of nitrogens with one attached hydrogen (secondary N) is 1. The second-order valence-corrected chi connectivity index (χ2v) is 8.86. The van der Waals surface area contributed by atoms with Crippen LogP contribution in [-0.4, -0.2) is 36.1 Å². The normalized spacial score (nSPS) is 13.2. The molecule has 0 unspecified atom stereocenters. The van der Waals surface area contributed by atoms with Crippen LogP contribution < -0.4 is 20.5 Å². The number of hydrogen-bond acceptors (Lipinski definition) is 9. The molecule has 2 aromatic heterocycles. The molecule has 3 aromatic rings. The second kappa shape index (κ2) is 9.62. The summed E-state index contributed by atoms with van der Waals surface area (Å²) in [5.41, 5.74) is 7.92. The molecule has 1 aliphatic rings. The van der Waals surface area contributed by atoms with Gasteiger partial charge in [-0.15, -0.1) is 11.3 Å². The van der Waals surface area contributed by atoms with Crippen LogP contribution in [0.1, 0.15) is 52.8 Å². The molecule has 1 aliphatic carbocycles. The summed E-state index contributed by atoms with van der Waals surface area (Å²) < 4.78 is 16.0. The van der Waals surface area contributed by atoms with Crippen LogP contribution in [0.15, 0.2) is 12.1 Å². The number of nitrogen functional groups attached to an aromatic ring is 1. The number of esters is 1. The Hall–Kier alpha value is -3.40. The maximum Gasteiger partial charge on any atom is 0.340 e. The first-order valence-corrected chi connectivity index (χ1v) is 11.5. The van der Waals surface area contributed by atoms with Crippen LogP contribution >= 0.6 is 11.3 Å². The first-order valence-electron chi connectivity index (χ1n) is 10.7. The highest BCUT2D eigenvalue weighted by Crippen LogP contribution is 2.37. The predicted molar refractivity (Wildman–Crippen MR) is 126 cm³/mol. The molecule has 0 fully saturated rings. The molecule has 0 aliphatic heterocycles. The van der Waals surface area contributed by atoms with Crippen molar-refractivity contribution in [2.75, 3.05) is 25.3 Å². The summed E-state index contributed by atoms with van der Waals surface area (Å²) in [4.78, 5) is 35.6. The molecule has 2 heterocycles. The lowest BCUT2D eigenvalue weighted by Crippen LogP contribution is -2.14. The number of thiophene rings is 1. The number of hydrogen-bond donors (Lipinski definition) is 2. The molecule has 0 saturated carbocycles. The zero-order valence-corrected chi connectivity index (χ0v) is 19.6. The quantitative estimate of drug-likeness (QED) is 0.411. The summed E-state index contributed by atoms with van der Waals surface area (Å²) in [5, 5.41) is 3.55. The van der Waals surface area contributed by atoms with Gasteiger partial charge in [0, 0.05) is 23.9 Å². The van der Waals surface area contributed by atoms with E-state index in [9.17, 15) is 9.59 Å². The van der Waals surface area contributed by atoms with Gasteiger partial charge < -0.3 is 25.3 Å². The van der Waals surface area contributed by atoms with Gasteiger partial charge in [-0.05, 0) is 31.2 Å². The van der Waals surface area contributed by atoms with Crippen molar-refractivity contribution in [1.82, 2.24) is 9.97 Å². The summed E-state index contributed by atoms with van der Waals surface area (Å²) in [6, 6.07) is 2.97. The monoisotopic (exact) mass is 470 g/mol. The number of benzene rings is 1. The first-order chi connectivity index (χ1) is 15.9. The molecule has 0 radical (unpaired) electrons. The van der Waals surface area contributed by atoms with Crippen molar-refractivity contribution in [1.29, 1.82) is 0 Å². The van der Waals surface area contributed by atoms with Gasteiger partial charge in [0.15, 0.2) is 23.9 Å². The Kier molecular flexibility index (Phi) is 6.64. The molecule has 4 rings (SSSR count). The number of aryl methyl sites for hydroxylation is 2. The lowest BCUT2D eigenvalue weighted by Gasteiger charge is -2.14. The molecule has 0 atom stereocenters. The van der Waals surface area contributed by atoms with E-state index < -0.39 is 5.97 Å². The molecule has 3 N–H and O–H groups in total. The molecular weight excluding hydrogens is 444 g/mol. The Balaban J connectivity index is 1.59. The third kappa shape index (κ3) is 4.70. The Bertz CT molecular complexity index is 1220. The van der Waals surface area contributed by atoms with Crippen LogP contribution in [0.2, 0.25) is 0 Å².